The van der Waals surface area contributed by atoms with Crippen LogP contribution in [0.15, 0.2) is 97.2 Å². The molecule has 0 aliphatic heterocycles. The summed E-state index contributed by atoms with van der Waals surface area (Å²) < 4.78 is 16.8. The Morgan fingerprint density at radius 1 is 0.282 bits per heavy atom. The van der Waals surface area contributed by atoms with Crippen molar-refractivity contribution in [2.45, 2.75) is 284 Å². The van der Waals surface area contributed by atoms with Crippen molar-refractivity contribution in [1.29, 1.82) is 0 Å². The Balaban J connectivity index is 4.51. The molecule has 0 spiro atoms. The predicted molar refractivity (Wildman–Crippen MR) is 307 cm³/mol. The van der Waals surface area contributed by atoms with E-state index in [-0.39, 0.29) is 31.6 Å². The molecule has 0 saturated carbocycles. The van der Waals surface area contributed by atoms with Gasteiger partial charge in [-0.2, -0.15) is 0 Å². The van der Waals surface area contributed by atoms with E-state index in [1.54, 1.807) is 0 Å². The zero-order valence-electron chi connectivity index (χ0n) is 46.5. The van der Waals surface area contributed by atoms with Crippen molar-refractivity contribution in [3.8, 4) is 0 Å². The van der Waals surface area contributed by atoms with Crippen molar-refractivity contribution in [3.63, 3.8) is 0 Å². The lowest BCUT2D eigenvalue weighted by Crippen LogP contribution is -2.30. The molecular formula is C65H110O6. The minimum absolute atomic E-state index is 0.112. The van der Waals surface area contributed by atoms with E-state index in [2.05, 4.69) is 112 Å². The highest BCUT2D eigenvalue weighted by Gasteiger charge is 2.19. The monoisotopic (exact) mass is 987 g/mol. The van der Waals surface area contributed by atoms with Gasteiger partial charge in [-0.15, -0.1) is 0 Å². The average molecular weight is 988 g/mol. The molecule has 0 heterocycles. The third-order valence-corrected chi connectivity index (χ3v) is 12.5. The van der Waals surface area contributed by atoms with Gasteiger partial charge in [0, 0.05) is 19.3 Å². The van der Waals surface area contributed by atoms with Crippen LogP contribution in [0.5, 0.6) is 0 Å². The highest BCUT2D eigenvalue weighted by Crippen LogP contribution is 2.14. The first-order valence-corrected chi connectivity index (χ1v) is 29.7. The summed E-state index contributed by atoms with van der Waals surface area (Å²) in [6.07, 6.45) is 78.3. The number of carbonyl (C=O) groups excluding carboxylic acids is 3. The van der Waals surface area contributed by atoms with Crippen molar-refractivity contribution >= 4 is 17.9 Å². The third-order valence-electron chi connectivity index (χ3n) is 12.5. The van der Waals surface area contributed by atoms with E-state index in [4.69, 9.17) is 14.2 Å². The molecule has 0 unspecified atom stereocenters. The molecule has 0 aliphatic carbocycles. The minimum atomic E-state index is -0.824. The van der Waals surface area contributed by atoms with Gasteiger partial charge in [-0.05, 0) is 116 Å². The van der Waals surface area contributed by atoms with Crippen LogP contribution in [0.2, 0.25) is 0 Å². The Hall–Kier alpha value is -3.67. The molecular weight excluding hydrogens is 877 g/mol. The topological polar surface area (TPSA) is 78.9 Å². The molecule has 0 rings (SSSR count). The second kappa shape index (κ2) is 58.9. The fourth-order valence-electron chi connectivity index (χ4n) is 8.04. The largest absolute Gasteiger partial charge is 0.462 e. The maximum Gasteiger partial charge on any atom is 0.306 e. The van der Waals surface area contributed by atoms with Crippen molar-refractivity contribution in [1.82, 2.24) is 0 Å². The molecule has 6 nitrogen and oxygen atoms in total. The van der Waals surface area contributed by atoms with Crippen LogP contribution in [0.1, 0.15) is 278 Å². The minimum Gasteiger partial charge on any atom is -0.462 e. The van der Waals surface area contributed by atoms with Crippen LogP contribution in [0.3, 0.4) is 0 Å². The van der Waals surface area contributed by atoms with Crippen LogP contribution in [0.25, 0.3) is 0 Å². The molecule has 0 saturated heterocycles. The van der Waals surface area contributed by atoms with Crippen LogP contribution in [0, 0.1) is 0 Å². The summed E-state index contributed by atoms with van der Waals surface area (Å²) in [4.78, 5) is 38.2. The van der Waals surface area contributed by atoms with Crippen LogP contribution < -0.4 is 0 Å². The molecule has 6 heteroatoms. The fraction of sp³-hybridized carbons (Fsp3) is 0.708. The second-order valence-electron chi connectivity index (χ2n) is 19.5. The standard InChI is InChI=1S/C65H110O6/c1-4-7-10-13-16-19-22-25-28-30-32-34-37-40-43-46-49-52-55-58-64(67)70-61-62(60-69-63(66)57-54-51-48-45-42-39-36-27-24-21-18-15-12-9-6-3)71-65(68)59-56-53-50-47-44-41-38-35-33-31-29-26-23-20-17-14-11-8-5-2/h16-17,19-20,25-29,33,35-36,41,44,50,53,62H,4-15,18,21-24,30-32,34,37-40,42-43,45-49,51-52,54-61H2,1-3H3/b19-16-,20-17-,28-25-,29-26-,35-33-,36-27-,44-41-,53-50-/t62-/m0/s1. The summed E-state index contributed by atoms with van der Waals surface area (Å²) in [6, 6.07) is 0. The first kappa shape index (κ1) is 67.3. The van der Waals surface area contributed by atoms with Gasteiger partial charge < -0.3 is 14.2 Å². The van der Waals surface area contributed by atoms with Gasteiger partial charge in [0.1, 0.15) is 13.2 Å². The summed E-state index contributed by atoms with van der Waals surface area (Å²) in [6.45, 7) is 6.52. The van der Waals surface area contributed by atoms with Crippen molar-refractivity contribution < 1.29 is 28.6 Å². The number of ether oxygens (including phenoxy) is 3. The lowest BCUT2D eigenvalue weighted by atomic mass is 10.1. The molecule has 0 N–H and O–H groups in total. The van der Waals surface area contributed by atoms with E-state index in [1.165, 1.54) is 148 Å². The molecule has 0 aliphatic rings. The SMILES string of the molecule is CCCCC/C=C\C/C=C\C/C=C\C/C=C\C/C=C\CCC(=O)O[C@@H](COC(=O)CCCCCCC/C=C\CCCCCCCC)COC(=O)CCCCCCCCCCC/C=C\C/C=C\CCCCC. The van der Waals surface area contributed by atoms with Gasteiger partial charge in [-0.1, -0.05) is 240 Å². The lowest BCUT2D eigenvalue weighted by Gasteiger charge is -2.18. The summed E-state index contributed by atoms with van der Waals surface area (Å²) in [5.41, 5.74) is 0. The van der Waals surface area contributed by atoms with Crippen LogP contribution in [-0.4, -0.2) is 37.2 Å². The number of carbonyl (C=O) groups is 3. The Morgan fingerprint density at radius 2 is 0.535 bits per heavy atom. The fourth-order valence-corrected chi connectivity index (χ4v) is 8.04. The number of esters is 3. The van der Waals surface area contributed by atoms with Crippen molar-refractivity contribution in [3.05, 3.63) is 97.2 Å². The first-order chi connectivity index (χ1) is 35.0. The van der Waals surface area contributed by atoms with Gasteiger partial charge in [0.05, 0.1) is 0 Å². The molecule has 71 heavy (non-hydrogen) atoms. The van der Waals surface area contributed by atoms with Crippen LogP contribution >= 0.6 is 0 Å². The number of hydrogen-bond acceptors (Lipinski definition) is 6. The van der Waals surface area contributed by atoms with Gasteiger partial charge in [0.2, 0.25) is 0 Å². The second-order valence-corrected chi connectivity index (χ2v) is 19.5. The van der Waals surface area contributed by atoms with Gasteiger partial charge in [0.15, 0.2) is 6.10 Å². The molecule has 0 bridgehead atoms. The first-order valence-electron chi connectivity index (χ1n) is 29.7. The molecule has 0 aromatic heterocycles. The molecule has 0 radical (unpaired) electrons. The Morgan fingerprint density at radius 3 is 0.887 bits per heavy atom. The van der Waals surface area contributed by atoms with Crippen LogP contribution in [-0.2, 0) is 28.6 Å². The third kappa shape index (κ3) is 57.1. The molecule has 0 aromatic rings. The molecule has 1 atom stereocenters. The van der Waals surface area contributed by atoms with E-state index < -0.39 is 12.1 Å². The summed E-state index contributed by atoms with van der Waals surface area (Å²) in [5.74, 6) is -1.00. The smallest absolute Gasteiger partial charge is 0.306 e. The Bertz CT molecular complexity index is 1410. The predicted octanol–water partition coefficient (Wildman–Crippen LogP) is 20.1. The quantitative estimate of drug-likeness (QED) is 0.0261. The summed E-state index contributed by atoms with van der Waals surface area (Å²) in [5, 5.41) is 0. The zero-order valence-corrected chi connectivity index (χ0v) is 46.5. The number of unbranched alkanes of at least 4 members (excludes halogenated alkanes) is 26. The van der Waals surface area contributed by atoms with Gasteiger partial charge in [0.25, 0.3) is 0 Å². The van der Waals surface area contributed by atoms with E-state index >= 15 is 0 Å². The Kier molecular flexibility index (Phi) is 55.9. The van der Waals surface area contributed by atoms with E-state index in [1.807, 2.05) is 6.08 Å². The maximum absolute atomic E-state index is 12.8. The molecule has 0 fully saturated rings. The molecule has 0 amide bonds. The molecule has 406 valence electrons. The van der Waals surface area contributed by atoms with Crippen LogP contribution in [0.4, 0.5) is 0 Å². The highest BCUT2D eigenvalue weighted by molar-refractivity contribution is 5.71. The van der Waals surface area contributed by atoms with E-state index in [0.717, 1.165) is 83.5 Å². The highest BCUT2D eigenvalue weighted by atomic mass is 16.6. The molecule has 0 aromatic carbocycles. The van der Waals surface area contributed by atoms with Gasteiger partial charge in [-0.3, -0.25) is 14.4 Å². The van der Waals surface area contributed by atoms with Crippen molar-refractivity contribution in [2.75, 3.05) is 13.2 Å². The maximum atomic E-state index is 12.8. The number of hydrogen-bond donors (Lipinski definition) is 0. The normalized spacial score (nSPS) is 12.8. The van der Waals surface area contributed by atoms with E-state index in [9.17, 15) is 14.4 Å². The van der Waals surface area contributed by atoms with Gasteiger partial charge in [-0.25, -0.2) is 0 Å². The average Bonchev–Trinajstić information content (AvgIpc) is 3.37. The summed E-state index contributed by atoms with van der Waals surface area (Å²) >= 11 is 0. The lowest BCUT2D eigenvalue weighted by molar-refractivity contribution is -0.166. The number of rotatable bonds is 53. The van der Waals surface area contributed by atoms with Gasteiger partial charge >= 0.3 is 17.9 Å². The Labute approximate surface area is 438 Å². The van der Waals surface area contributed by atoms with E-state index in [0.29, 0.717) is 19.3 Å². The zero-order chi connectivity index (χ0) is 51.4. The summed E-state index contributed by atoms with van der Waals surface area (Å²) in [7, 11) is 0. The number of allylic oxidation sites excluding steroid dienone is 16. The van der Waals surface area contributed by atoms with Crippen molar-refractivity contribution in [2.24, 2.45) is 0 Å².